The molecule has 1 aliphatic carbocycles. The Labute approximate surface area is 218 Å². The first kappa shape index (κ1) is 27.3. The minimum atomic E-state index is -5.08. The number of benzene rings is 2. The highest BCUT2D eigenvalue weighted by Crippen LogP contribution is 2.28. The summed E-state index contributed by atoms with van der Waals surface area (Å²) in [5, 5.41) is 18.7. The van der Waals surface area contributed by atoms with Crippen LogP contribution in [0.2, 0.25) is 0 Å². The smallest absolute Gasteiger partial charge is 0.475 e. The maximum absolute atomic E-state index is 13.3. The van der Waals surface area contributed by atoms with Gasteiger partial charge in [0.2, 0.25) is 0 Å². The summed E-state index contributed by atoms with van der Waals surface area (Å²) in [6.07, 6.45) is 1.76. The Kier molecular flexibility index (Phi) is 8.45. The zero-order valence-electron chi connectivity index (χ0n) is 21.0. The van der Waals surface area contributed by atoms with Crippen LogP contribution in [0.25, 0.3) is 5.69 Å². The first-order valence-corrected chi connectivity index (χ1v) is 12.6. The summed E-state index contributed by atoms with van der Waals surface area (Å²) in [4.78, 5) is 24.8. The van der Waals surface area contributed by atoms with E-state index in [4.69, 9.17) is 9.90 Å². The standard InChI is InChI=1S/C25H29N5O.C2HF3O2/c1-2-23-24(30(28-27-23)22-7-4-3-5-8-22)25(31)26-20-12-11-18-13-15-29(21-9-6-10-21)16-14-19(18)17-20;3-2(4,5)1(6)7/h3-5,7-8,11-12,17,21H,2,6,9-10,13-16H2,1H3,(H,26,31);(H,6,7). The fourth-order valence-electron chi connectivity index (χ4n) is 4.66. The van der Waals surface area contributed by atoms with Gasteiger partial charge in [-0.1, -0.05) is 42.8 Å². The molecule has 202 valence electrons. The number of aromatic nitrogens is 3. The van der Waals surface area contributed by atoms with Crippen LogP contribution in [0.1, 0.15) is 53.5 Å². The maximum atomic E-state index is 13.3. The summed E-state index contributed by atoms with van der Waals surface area (Å²) in [6.45, 7) is 4.25. The van der Waals surface area contributed by atoms with Crippen molar-refractivity contribution in [1.82, 2.24) is 19.9 Å². The van der Waals surface area contributed by atoms with Crippen molar-refractivity contribution >= 4 is 17.6 Å². The summed E-state index contributed by atoms with van der Waals surface area (Å²) in [5.74, 6) is -2.93. The molecule has 2 aromatic carbocycles. The number of aliphatic carboxylic acids is 1. The van der Waals surface area contributed by atoms with Crippen molar-refractivity contribution in [3.8, 4) is 5.69 Å². The van der Waals surface area contributed by atoms with Crippen molar-refractivity contribution in [1.29, 1.82) is 0 Å². The quantitative estimate of drug-likeness (QED) is 0.498. The Bertz CT molecular complexity index is 1270. The molecule has 0 bridgehead atoms. The van der Waals surface area contributed by atoms with Crippen molar-refractivity contribution in [2.45, 2.75) is 57.7 Å². The van der Waals surface area contributed by atoms with Crippen LogP contribution in [0.4, 0.5) is 18.9 Å². The van der Waals surface area contributed by atoms with Crippen LogP contribution in [0.5, 0.6) is 0 Å². The molecule has 1 fully saturated rings. The van der Waals surface area contributed by atoms with Crippen LogP contribution in [-0.2, 0) is 24.1 Å². The third-order valence-corrected chi connectivity index (χ3v) is 6.93. The van der Waals surface area contributed by atoms with Crippen LogP contribution in [0.15, 0.2) is 48.5 Å². The number of aryl methyl sites for hydroxylation is 1. The van der Waals surface area contributed by atoms with Crippen LogP contribution < -0.4 is 5.32 Å². The minimum Gasteiger partial charge on any atom is -0.475 e. The first-order valence-electron chi connectivity index (χ1n) is 12.6. The van der Waals surface area contributed by atoms with E-state index >= 15 is 0 Å². The largest absolute Gasteiger partial charge is 0.490 e. The molecule has 1 saturated carbocycles. The number of anilines is 1. The molecule has 1 aliphatic heterocycles. The van der Waals surface area contributed by atoms with Gasteiger partial charge in [0.05, 0.1) is 11.4 Å². The fourth-order valence-corrected chi connectivity index (χ4v) is 4.66. The number of para-hydroxylation sites is 1. The van der Waals surface area contributed by atoms with E-state index in [2.05, 4.69) is 32.7 Å². The van der Waals surface area contributed by atoms with Gasteiger partial charge in [-0.25, -0.2) is 9.48 Å². The van der Waals surface area contributed by atoms with Gasteiger partial charge in [0.15, 0.2) is 5.69 Å². The Hall–Kier alpha value is -3.73. The lowest BCUT2D eigenvalue weighted by Crippen LogP contribution is -2.41. The number of fused-ring (bicyclic) bond motifs is 1. The summed E-state index contributed by atoms with van der Waals surface area (Å²) >= 11 is 0. The average Bonchev–Trinajstić information content (AvgIpc) is 3.20. The monoisotopic (exact) mass is 529 g/mol. The zero-order valence-corrected chi connectivity index (χ0v) is 21.0. The molecule has 0 radical (unpaired) electrons. The molecular weight excluding hydrogens is 499 g/mol. The predicted octanol–water partition coefficient (Wildman–Crippen LogP) is 4.67. The van der Waals surface area contributed by atoms with E-state index in [0.29, 0.717) is 17.8 Å². The van der Waals surface area contributed by atoms with Crippen molar-refractivity contribution in [3.63, 3.8) is 0 Å². The van der Waals surface area contributed by atoms with Gasteiger partial charge in [0.25, 0.3) is 5.91 Å². The lowest BCUT2D eigenvalue weighted by Gasteiger charge is -2.36. The van der Waals surface area contributed by atoms with Gasteiger partial charge in [0.1, 0.15) is 0 Å². The number of hydrogen-bond acceptors (Lipinski definition) is 5. The Morgan fingerprint density at radius 1 is 1.05 bits per heavy atom. The Morgan fingerprint density at radius 3 is 2.29 bits per heavy atom. The molecule has 1 aromatic heterocycles. The molecule has 38 heavy (non-hydrogen) atoms. The highest BCUT2D eigenvalue weighted by atomic mass is 19.4. The third-order valence-electron chi connectivity index (χ3n) is 6.93. The molecule has 2 heterocycles. The lowest BCUT2D eigenvalue weighted by molar-refractivity contribution is -0.192. The molecule has 5 rings (SSSR count). The number of halogens is 3. The van der Waals surface area contributed by atoms with E-state index < -0.39 is 12.1 Å². The zero-order chi connectivity index (χ0) is 27.3. The van der Waals surface area contributed by atoms with Crippen molar-refractivity contribution < 1.29 is 27.9 Å². The number of alkyl halides is 3. The lowest BCUT2D eigenvalue weighted by atomic mass is 9.91. The normalized spacial score (nSPS) is 15.9. The number of carboxylic acid groups (broad SMARTS) is 1. The Morgan fingerprint density at radius 2 is 1.71 bits per heavy atom. The molecule has 8 nitrogen and oxygen atoms in total. The van der Waals surface area contributed by atoms with Gasteiger partial charge in [-0.2, -0.15) is 13.2 Å². The molecule has 0 spiro atoms. The summed E-state index contributed by atoms with van der Waals surface area (Å²) < 4.78 is 33.4. The van der Waals surface area contributed by atoms with Gasteiger partial charge in [-0.15, -0.1) is 5.10 Å². The van der Waals surface area contributed by atoms with Gasteiger partial charge in [0, 0.05) is 24.8 Å². The fraction of sp³-hybridized carbons (Fsp3) is 0.407. The number of hydrogen-bond donors (Lipinski definition) is 2. The number of nitrogens with one attached hydrogen (secondary N) is 1. The van der Waals surface area contributed by atoms with E-state index in [-0.39, 0.29) is 5.91 Å². The molecule has 2 aliphatic rings. The van der Waals surface area contributed by atoms with Crippen molar-refractivity contribution in [2.24, 2.45) is 0 Å². The number of nitrogens with zero attached hydrogens (tertiary/aromatic N) is 4. The molecule has 0 atom stereocenters. The molecular formula is C27H30F3N5O3. The summed E-state index contributed by atoms with van der Waals surface area (Å²) in [5.41, 5.74) is 5.63. The second-order valence-electron chi connectivity index (χ2n) is 9.35. The number of carboxylic acids is 1. The van der Waals surface area contributed by atoms with E-state index in [9.17, 15) is 18.0 Å². The SMILES string of the molecule is CCc1nnn(-c2ccccc2)c1C(=O)Nc1ccc2c(c1)CCN(C1CCC1)CC2.O=C(O)C(F)(F)F. The molecule has 1 amide bonds. The van der Waals surface area contributed by atoms with E-state index in [1.54, 1.807) is 4.68 Å². The van der Waals surface area contributed by atoms with Gasteiger partial charge in [-0.05, 0) is 67.5 Å². The molecule has 3 aromatic rings. The van der Waals surface area contributed by atoms with Gasteiger partial charge >= 0.3 is 12.1 Å². The minimum absolute atomic E-state index is 0.171. The van der Waals surface area contributed by atoms with E-state index in [1.807, 2.05) is 43.3 Å². The summed E-state index contributed by atoms with van der Waals surface area (Å²) in [7, 11) is 0. The molecule has 0 unspecified atom stereocenters. The Balaban J connectivity index is 0.000000426. The second-order valence-corrected chi connectivity index (χ2v) is 9.35. The van der Waals surface area contributed by atoms with Crippen LogP contribution in [0.3, 0.4) is 0 Å². The molecule has 11 heteroatoms. The van der Waals surface area contributed by atoms with Crippen LogP contribution >= 0.6 is 0 Å². The maximum Gasteiger partial charge on any atom is 0.490 e. The first-order chi connectivity index (χ1) is 18.2. The van der Waals surface area contributed by atoms with E-state index in [0.717, 1.165) is 43.3 Å². The van der Waals surface area contributed by atoms with Crippen molar-refractivity contribution in [2.75, 3.05) is 18.4 Å². The van der Waals surface area contributed by atoms with Crippen molar-refractivity contribution in [3.05, 3.63) is 71.0 Å². The number of carbonyl (C=O) groups is 2. The molecule has 0 saturated heterocycles. The highest BCUT2D eigenvalue weighted by molar-refractivity contribution is 6.04. The average molecular weight is 530 g/mol. The summed E-state index contributed by atoms with van der Waals surface area (Å²) in [6, 6.07) is 16.8. The van der Waals surface area contributed by atoms with Gasteiger partial charge in [-0.3, -0.25) is 9.69 Å². The number of rotatable bonds is 5. The highest BCUT2D eigenvalue weighted by Gasteiger charge is 2.38. The van der Waals surface area contributed by atoms with Crippen LogP contribution in [-0.4, -0.2) is 62.2 Å². The molecule has 2 N–H and O–H groups in total. The predicted molar refractivity (Wildman–Crippen MR) is 135 cm³/mol. The third kappa shape index (κ3) is 6.39. The number of amides is 1. The number of carbonyl (C=O) groups excluding carboxylic acids is 1. The second kappa shape index (κ2) is 11.8. The van der Waals surface area contributed by atoms with Gasteiger partial charge < -0.3 is 10.4 Å². The topological polar surface area (TPSA) is 100 Å². The van der Waals surface area contributed by atoms with Crippen LogP contribution in [0, 0.1) is 0 Å². The van der Waals surface area contributed by atoms with E-state index in [1.165, 1.54) is 30.4 Å².